The zero-order chi connectivity index (χ0) is 26.5. The number of halogens is 3. The van der Waals surface area contributed by atoms with Crippen molar-refractivity contribution in [3.8, 4) is 11.1 Å². The van der Waals surface area contributed by atoms with E-state index in [1.165, 1.54) is 12.1 Å². The van der Waals surface area contributed by atoms with Crippen LogP contribution in [0.4, 0.5) is 13.2 Å². The van der Waals surface area contributed by atoms with Crippen molar-refractivity contribution >= 4 is 5.91 Å². The molecular weight excluding hydrogens is 485 g/mol. The number of carbonyl (C=O) groups excluding carboxylic acids is 1. The lowest BCUT2D eigenvalue weighted by atomic mass is 9.97. The van der Waals surface area contributed by atoms with Crippen molar-refractivity contribution in [2.24, 2.45) is 0 Å². The highest BCUT2D eigenvalue weighted by Gasteiger charge is 2.34. The standard InChI is InChI=1S/C32H29F3N2O/c33-32(34,35)29-14-8-7-13-28(29)26-17-15-25(16-18-26)22-36-19-20-37(30(23-36)27-11-5-2-6-12-27)31(38)21-24-9-3-1-4-10-24/h1-18,30H,19-23H2. The van der Waals surface area contributed by atoms with Crippen molar-refractivity contribution in [2.75, 3.05) is 19.6 Å². The largest absolute Gasteiger partial charge is 0.417 e. The van der Waals surface area contributed by atoms with Gasteiger partial charge >= 0.3 is 6.18 Å². The van der Waals surface area contributed by atoms with Crippen molar-refractivity contribution in [2.45, 2.75) is 25.2 Å². The number of amides is 1. The van der Waals surface area contributed by atoms with E-state index in [0.29, 0.717) is 31.6 Å². The van der Waals surface area contributed by atoms with Crippen LogP contribution in [0, 0.1) is 0 Å². The summed E-state index contributed by atoms with van der Waals surface area (Å²) in [6, 6.07) is 32.8. The van der Waals surface area contributed by atoms with Gasteiger partial charge in [-0.1, -0.05) is 103 Å². The van der Waals surface area contributed by atoms with Crippen LogP contribution in [0.25, 0.3) is 11.1 Å². The fourth-order valence-electron chi connectivity index (χ4n) is 5.14. The van der Waals surface area contributed by atoms with Crippen LogP contribution in [0.2, 0.25) is 0 Å². The lowest BCUT2D eigenvalue weighted by Gasteiger charge is -2.42. The predicted octanol–water partition coefficient (Wildman–Crippen LogP) is 7.00. The Morgan fingerprint density at radius 3 is 2.05 bits per heavy atom. The molecule has 1 atom stereocenters. The highest BCUT2D eigenvalue weighted by Crippen LogP contribution is 2.37. The van der Waals surface area contributed by atoms with Gasteiger partial charge in [-0.15, -0.1) is 0 Å². The Balaban J connectivity index is 1.31. The summed E-state index contributed by atoms with van der Waals surface area (Å²) in [6.07, 6.45) is -4.04. The minimum absolute atomic E-state index is 0.0703. The molecule has 0 aromatic heterocycles. The Morgan fingerprint density at radius 2 is 1.37 bits per heavy atom. The number of rotatable bonds is 6. The highest BCUT2D eigenvalue weighted by molar-refractivity contribution is 5.79. The molecule has 0 aliphatic carbocycles. The molecule has 1 aliphatic rings. The maximum atomic E-state index is 13.5. The molecule has 1 amide bonds. The van der Waals surface area contributed by atoms with Crippen LogP contribution in [0.15, 0.2) is 109 Å². The molecule has 0 bridgehead atoms. The molecule has 0 N–H and O–H groups in total. The molecule has 3 nitrogen and oxygen atoms in total. The van der Waals surface area contributed by atoms with Gasteiger partial charge in [0.25, 0.3) is 0 Å². The van der Waals surface area contributed by atoms with Crippen molar-refractivity contribution in [1.29, 1.82) is 0 Å². The molecule has 6 heteroatoms. The Labute approximate surface area is 221 Å². The van der Waals surface area contributed by atoms with E-state index in [1.54, 1.807) is 18.2 Å². The lowest BCUT2D eigenvalue weighted by Crippen LogP contribution is -2.50. The van der Waals surface area contributed by atoms with Gasteiger partial charge in [0.15, 0.2) is 0 Å². The molecule has 1 unspecified atom stereocenters. The van der Waals surface area contributed by atoms with Crippen molar-refractivity contribution < 1.29 is 18.0 Å². The first-order chi connectivity index (χ1) is 18.4. The minimum Gasteiger partial charge on any atom is -0.333 e. The van der Waals surface area contributed by atoms with Gasteiger partial charge < -0.3 is 4.90 Å². The quantitative estimate of drug-likeness (QED) is 0.277. The van der Waals surface area contributed by atoms with Gasteiger partial charge in [0.2, 0.25) is 5.91 Å². The van der Waals surface area contributed by atoms with E-state index < -0.39 is 11.7 Å². The van der Waals surface area contributed by atoms with Gasteiger partial charge in [-0.3, -0.25) is 9.69 Å². The van der Waals surface area contributed by atoms with E-state index >= 15 is 0 Å². The minimum atomic E-state index is -4.40. The summed E-state index contributed by atoms with van der Waals surface area (Å²) in [7, 11) is 0. The molecule has 1 aliphatic heterocycles. The molecule has 1 fully saturated rings. The Kier molecular flexibility index (Phi) is 7.61. The van der Waals surface area contributed by atoms with Crippen LogP contribution in [0.3, 0.4) is 0 Å². The summed E-state index contributed by atoms with van der Waals surface area (Å²) >= 11 is 0. The molecule has 38 heavy (non-hydrogen) atoms. The number of alkyl halides is 3. The summed E-state index contributed by atoms with van der Waals surface area (Å²) < 4.78 is 40.4. The van der Waals surface area contributed by atoms with Crippen LogP contribution in [-0.2, 0) is 23.9 Å². The Morgan fingerprint density at radius 1 is 0.737 bits per heavy atom. The van der Waals surface area contributed by atoms with Gasteiger partial charge in [0.05, 0.1) is 18.0 Å². The summed E-state index contributed by atoms with van der Waals surface area (Å²) in [6.45, 7) is 2.68. The molecule has 0 spiro atoms. The summed E-state index contributed by atoms with van der Waals surface area (Å²) in [5, 5.41) is 0. The highest BCUT2D eigenvalue weighted by atomic mass is 19.4. The summed E-state index contributed by atoms with van der Waals surface area (Å²) in [4.78, 5) is 17.6. The molecule has 5 rings (SSSR count). The molecule has 4 aromatic carbocycles. The molecule has 0 saturated carbocycles. The van der Waals surface area contributed by atoms with E-state index in [4.69, 9.17) is 0 Å². The van der Waals surface area contributed by atoms with Crippen molar-refractivity contribution in [1.82, 2.24) is 9.80 Å². The number of hydrogen-bond donors (Lipinski definition) is 0. The summed E-state index contributed by atoms with van der Waals surface area (Å²) in [5.41, 5.74) is 3.21. The number of hydrogen-bond acceptors (Lipinski definition) is 2. The number of benzene rings is 4. The molecule has 1 saturated heterocycles. The van der Waals surface area contributed by atoms with E-state index in [1.807, 2.05) is 65.6 Å². The third-order valence-electron chi connectivity index (χ3n) is 7.07. The van der Waals surface area contributed by atoms with Gasteiger partial charge in [-0.2, -0.15) is 13.2 Å². The SMILES string of the molecule is O=C(Cc1ccccc1)N1CCN(Cc2ccc(-c3ccccc3C(F)(F)F)cc2)CC1c1ccccc1. The first-order valence-corrected chi connectivity index (χ1v) is 12.7. The maximum absolute atomic E-state index is 13.5. The van der Waals surface area contributed by atoms with E-state index in [2.05, 4.69) is 17.0 Å². The average molecular weight is 515 g/mol. The summed E-state index contributed by atoms with van der Waals surface area (Å²) in [5.74, 6) is 0.109. The second-order valence-electron chi connectivity index (χ2n) is 9.65. The zero-order valence-corrected chi connectivity index (χ0v) is 20.9. The fraction of sp³-hybridized carbons (Fsp3) is 0.219. The normalized spacial score (nSPS) is 16.4. The van der Waals surface area contributed by atoms with Gasteiger partial charge in [-0.25, -0.2) is 0 Å². The van der Waals surface area contributed by atoms with Crippen molar-refractivity contribution in [3.05, 3.63) is 131 Å². The van der Waals surface area contributed by atoms with Gasteiger partial charge in [-0.05, 0) is 33.9 Å². The van der Waals surface area contributed by atoms with Crippen LogP contribution in [0.5, 0.6) is 0 Å². The van der Waals surface area contributed by atoms with Gasteiger partial charge in [0.1, 0.15) is 0 Å². The number of piperazine rings is 1. The van der Waals surface area contributed by atoms with E-state index in [-0.39, 0.29) is 17.5 Å². The third-order valence-corrected chi connectivity index (χ3v) is 7.07. The lowest BCUT2D eigenvalue weighted by molar-refractivity contribution is -0.137. The van der Waals surface area contributed by atoms with Crippen molar-refractivity contribution in [3.63, 3.8) is 0 Å². The maximum Gasteiger partial charge on any atom is 0.417 e. The third kappa shape index (κ3) is 5.97. The molecular formula is C32H29F3N2O. The van der Waals surface area contributed by atoms with Crippen LogP contribution in [-0.4, -0.2) is 35.3 Å². The smallest absolute Gasteiger partial charge is 0.333 e. The first kappa shape index (κ1) is 25.7. The predicted molar refractivity (Wildman–Crippen MR) is 143 cm³/mol. The number of carbonyl (C=O) groups is 1. The fourth-order valence-corrected chi connectivity index (χ4v) is 5.14. The van der Waals surface area contributed by atoms with Crippen LogP contribution in [0.1, 0.15) is 28.3 Å². The Hall–Kier alpha value is -3.90. The molecule has 0 radical (unpaired) electrons. The van der Waals surface area contributed by atoms with Gasteiger partial charge in [0, 0.05) is 26.2 Å². The van der Waals surface area contributed by atoms with E-state index in [9.17, 15) is 18.0 Å². The molecule has 1 heterocycles. The monoisotopic (exact) mass is 514 g/mol. The molecule has 4 aromatic rings. The number of nitrogens with zero attached hydrogens (tertiary/aromatic N) is 2. The zero-order valence-electron chi connectivity index (χ0n) is 20.9. The Bertz CT molecular complexity index is 1360. The second-order valence-corrected chi connectivity index (χ2v) is 9.65. The topological polar surface area (TPSA) is 23.6 Å². The van der Waals surface area contributed by atoms with Crippen LogP contribution < -0.4 is 0 Å². The van der Waals surface area contributed by atoms with E-state index in [0.717, 1.165) is 29.3 Å². The van der Waals surface area contributed by atoms with Crippen LogP contribution >= 0.6 is 0 Å². The average Bonchev–Trinajstić information content (AvgIpc) is 2.94. The first-order valence-electron chi connectivity index (χ1n) is 12.7. The molecule has 194 valence electrons. The second kappa shape index (κ2) is 11.2.